The maximum absolute atomic E-state index is 14.0. The van der Waals surface area contributed by atoms with Gasteiger partial charge in [0.15, 0.2) is 0 Å². The molecule has 6 rings (SSSR count). The predicted octanol–water partition coefficient (Wildman–Crippen LogP) is 6.48. The van der Waals surface area contributed by atoms with Gasteiger partial charge >= 0.3 is 6.03 Å². The Morgan fingerprint density at radius 2 is 1.73 bits per heavy atom. The van der Waals surface area contributed by atoms with Gasteiger partial charge in [-0.3, -0.25) is 0 Å². The molecule has 2 aromatic carbocycles. The number of amides is 2. The van der Waals surface area contributed by atoms with Gasteiger partial charge in [-0.2, -0.15) is 5.10 Å². The monoisotopic (exact) mass is 493 g/mol. The van der Waals surface area contributed by atoms with Gasteiger partial charge in [-0.25, -0.2) is 9.48 Å². The minimum Gasteiger partial charge on any atom is -0.335 e. The van der Waals surface area contributed by atoms with Crippen LogP contribution in [0.15, 0.2) is 72.9 Å². The summed E-state index contributed by atoms with van der Waals surface area (Å²) >= 11 is 0. The Kier molecular flexibility index (Phi) is 6.33. The van der Waals surface area contributed by atoms with Gasteiger partial charge in [0.1, 0.15) is 5.82 Å². The van der Waals surface area contributed by atoms with E-state index >= 15 is 0 Å². The number of rotatable bonds is 4. The lowest BCUT2D eigenvalue weighted by Gasteiger charge is -2.33. The highest BCUT2D eigenvalue weighted by Crippen LogP contribution is 2.38. The molecule has 0 saturated heterocycles. The second kappa shape index (κ2) is 9.92. The molecule has 2 amide bonds. The van der Waals surface area contributed by atoms with Crippen molar-refractivity contribution >= 4 is 6.03 Å². The van der Waals surface area contributed by atoms with E-state index in [9.17, 15) is 4.79 Å². The van der Waals surface area contributed by atoms with Crippen molar-refractivity contribution in [2.75, 3.05) is 0 Å². The largest absolute Gasteiger partial charge is 0.335 e. The Morgan fingerprint density at radius 3 is 2.46 bits per heavy atom. The van der Waals surface area contributed by atoms with Gasteiger partial charge in [0, 0.05) is 17.8 Å². The number of urea groups is 1. The van der Waals surface area contributed by atoms with Crippen LogP contribution < -0.4 is 5.32 Å². The first-order valence-corrected chi connectivity index (χ1v) is 13.6. The molecule has 1 aliphatic heterocycles. The van der Waals surface area contributed by atoms with E-state index in [0.717, 1.165) is 53.3 Å². The number of aryl methyl sites for hydroxylation is 2. The molecule has 0 radical (unpaired) electrons. The molecule has 3 heterocycles. The standard InChI is InChI=1S/C31H35N5O/c1-3-23-16-18-24(19-17-23)29-28-15-10-20-34(28)30-27(22(2)33-36(30)26-13-8-5-9-14-26)21-35(29)31(37)32-25-11-6-4-7-12-25/h5,8-10,13-20,25,29H,3-4,6-7,11-12,21H2,1-2H3,(H,32,37)/t29-/m1/s1. The Morgan fingerprint density at radius 1 is 0.973 bits per heavy atom. The molecule has 6 nitrogen and oxygen atoms in total. The van der Waals surface area contributed by atoms with Crippen molar-refractivity contribution in [1.29, 1.82) is 0 Å². The summed E-state index contributed by atoms with van der Waals surface area (Å²) in [6, 6.07) is 23.3. The highest BCUT2D eigenvalue weighted by atomic mass is 16.2. The maximum atomic E-state index is 14.0. The average Bonchev–Trinajstić information content (AvgIpc) is 3.50. The first-order chi connectivity index (χ1) is 18.1. The smallest absolute Gasteiger partial charge is 0.318 e. The fraction of sp³-hybridized carbons (Fsp3) is 0.355. The third-order valence-electron chi connectivity index (χ3n) is 7.98. The van der Waals surface area contributed by atoms with Crippen molar-refractivity contribution in [3.63, 3.8) is 0 Å². The van der Waals surface area contributed by atoms with E-state index in [4.69, 9.17) is 5.10 Å². The molecule has 1 fully saturated rings. The van der Waals surface area contributed by atoms with Crippen molar-refractivity contribution in [2.45, 2.75) is 71.0 Å². The summed E-state index contributed by atoms with van der Waals surface area (Å²) < 4.78 is 4.25. The zero-order chi connectivity index (χ0) is 25.4. The molecule has 2 aliphatic rings. The zero-order valence-corrected chi connectivity index (χ0v) is 21.7. The summed E-state index contributed by atoms with van der Waals surface area (Å²) in [5.74, 6) is 1.01. The van der Waals surface area contributed by atoms with Gasteiger partial charge in [0.2, 0.25) is 0 Å². The van der Waals surface area contributed by atoms with Gasteiger partial charge in [0.25, 0.3) is 0 Å². The number of nitrogens with zero attached hydrogens (tertiary/aromatic N) is 4. The number of carbonyl (C=O) groups is 1. The van der Waals surface area contributed by atoms with Gasteiger partial charge in [-0.1, -0.05) is 68.7 Å². The average molecular weight is 494 g/mol. The second-order valence-electron chi connectivity index (χ2n) is 10.3. The summed E-state index contributed by atoms with van der Waals surface area (Å²) in [6.45, 7) is 4.72. The summed E-state index contributed by atoms with van der Waals surface area (Å²) in [6.07, 6.45) is 8.84. The number of fused-ring (bicyclic) bond motifs is 3. The van der Waals surface area contributed by atoms with Crippen LogP contribution in [-0.2, 0) is 13.0 Å². The van der Waals surface area contributed by atoms with E-state index in [1.807, 2.05) is 27.8 Å². The summed E-state index contributed by atoms with van der Waals surface area (Å²) in [5, 5.41) is 8.35. The number of nitrogens with one attached hydrogen (secondary N) is 1. The van der Waals surface area contributed by atoms with Crippen molar-refractivity contribution in [1.82, 2.24) is 24.6 Å². The normalized spacial score (nSPS) is 17.7. The number of benzene rings is 2. The topological polar surface area (TPSA) is 55.1 Å². The lowest BCUT2D eigenvalue weighted by atomic mass is 9.95. The quantitative estimate of drug-likeness (QED) is 0.354. The van der Waals surface area contributed by atoms with Crippen molar-refractivity contribution in [2.24, 2.45) is 0 Å². The molecular formula is C31H35N5O. The molecule has 1 N–H and O–H groups in total. The van der Waals surface area contributed by atoms with Crippen molar-refractivity contribution in [3.05, 3.63) is 101 Å². The Labute approximate surface area is 218 Å². The SMILES string of the molecule is CCc1ccc([C@@H]2c3cccn3-c3c(c(C)nn3-c3ccccc3)CN2C(=O)NC2CCCCC2)cc1. The highest BCUT2D eigenvalue weighted by molar-refractivity contribution is 5.76. The molecule has 2 aromatic heterocycles. The summed E-state index contributed by atoms with van der Waals surface area (Å²) in [5.41, 5.74) is 6.51. The molecule has 190 valence electrons. The minimum absolute atomic E-state index is 0.00364. The van der Waals surface area contributed by atoms with E-state index in [2.05, 4.69) is 78.5 Å². The minimum atomic E-state index is -0.208. The first-order valence-electron chi connectivity index (χ1n) is 13.6. The second-order valence-corrected chi connectivity index (χ2v) is 10.3. The van der Waals surface area contributed by atoms with Crippen LogP contribution in [0.25, 0.3) is 11.5 Å². The Hall–Kier alpha value is -3.80. The fourth-order valence-corrected chi connectivity index (χ4v) is 5.94. The van der Waals surface area contributed by atoms with Crippen LogP contribution in [0.2, 0.25) is 0 Å². The Bertz CT molecular complexity index is 1380. The number of para-hydroxylation sites is 1. The highest BCUT2D eigenvalue weighted by Gasteiger charge is 2.36. The van der Waals surface area contributed by atoms with Crippen molar-refractivity contribution < 1.29 is 4.79 Å². The van der Waals surface area contributed by atoms with Gasteiger partial charge in [0.05, 0.1) is 29.7 Å². The van der Waals surface area contributed by atoms with Crippen LogP contribution in [0, 0.1) is 6.92 Å². The molecule has 0 bridgehead atoms. The first kappa shape index (κ1) is 23.6. The zero-order valence-electron chi connectivity index (χ0n) is 21.7. The van der Waals surface area contributed by atoms with Crippen LogP contribution in [-0.4, -0.2) is 31.3 Å². The van der Waals surface area contributed by atoms with E-state index < -0.39 is 0 Å². The number of aromatic nitrogens is 3. The van der Waals surface area contributed by atoms with Gasteiger partial charge < -0.3 is 14.8 Å². The van der Waals surface area contributed by atoms with Crippen LogP contribution in [0.1, 0.15) is 73.1 Å². The molecule has 4 aromatic rings. The summed E-state index contributed by atoms with van der Waals surface area (Å²) in [7, 11) is 0. The molecule has 0 spiro atoms. The lowest BCUT2D eigenvalue weighted by molar-refractivity contribution is 0.173. The number of hydrogen-bond acceptors (Lipinski definition) is 2. The lowest BCUT2D eigenvalue weighted by Crippen LogP contribution is -2.46. The van der Waals surface area contributed by atoms with Crippen molar-refractivity contribution in [3.8, 4) is 11.5 Å². The molecular weight excluding hydrogens is 458 g/mol. The molecule has 37 heavy (non-hydrogen) atoms. The predicted molar refractivity (Wildman–Crippen MR) is 146 cm³/mol. The van der Waals surface area contributed by atoms with Gasteiger partial charge in [-0.05, 0) is 61.6 Å². The maximum Gasteiger partial charge on any atom is 0.318 e. The van der Waals surface area contributed by atoms with Gasteiger partial charge in [-0.15, -0.1) is 0 Å². The molecule has 1 atom stereocenters. The van der Waals surface area contributed by atoms with Crippen LogP contribution >= 0.6 is 0 Å². The third kappa shape index (κ3) is 4.35. The molecule has 1 saturated carbocycles. The van der Waals surface area contributed by atoms with Crippen LogP contribution in [0.5, 0.6) is 0 Å². The molecule has 1 aliphatic carbocycles. The fourth-order valence-electron chi connectivity index (χ4n) is 5.94. The van der Waals surface area contributed by atoms with Crippen LogP contribution in [0.3, 0.4) is 0 Å². The number of carbonyl (C=O) groups excluding carboxylic acids is 1. The van der Waals surface area contributed by atoms with E-state index in [0.29, 0.717) is 6.54 Å². The van der Waals surface area contributed by atoms with E-state index in [1.165, 1.54) is 24.8 Å². The van der Waals surface area contributed by atoms with E-state index in [-0.39, 0.29) is 18.1 Å². The van der Waals surface area contributed by atoms with Crippen LogP contribution in [0.4, 0.5) is 4.79 Å². The number of hydrogen-bond donors (Lipinski definition) is 1. The third-order valence-corrected chi connectivity index (χ3v) is 7.98. The molecule has 6 heteroatoms. The van der Waals surface area contributed by atoms with E-state index in [1.54, 1.807) is 0 Å². The summed E-state index contributed by atoms with van der Waals surface area (Å²) in [4.78, 5) is 16.1. The Balaban J connectivity index is 1.50. The molecule has 0 unspecified atom stereocenters.